The largest absolute Gasteiger partial charge is 0.480 e. The maximum atomic E-state index is 13.1. The summed E-state index contributed by atoms with van der Waals surface area (Å²) >= 11 is 0.977. The van der Waals surface area contributed by atoms with E-state index in [9.17, 15) is 23.1 Å². The minimum Gasteiger partial charge on any atom is -0.480 e. The Morgan fingerprint density at radius 3 is 2.54 bits per heavy atom. The third kappa shape index (κ3) is 7.68. The molecule has 1 aromatic carbocycles. The van der Waals surface area contributed by atoms with Crippen LogP contribution in [-0.4, -0.2) is 61.4 Å². The smallest absolute Gasteiger partial charge is 0.326 e. The topological polar surface area (TPSA) is 212 Å². The summed E-state index contributed by atoms with van der Waals surface area (Å²) in [6.07, 6.45) is 2.79. The molecule has 0 saturated heterocycles. The van der Waals surface area contributed by atoms with E-state index in [0.717, 1.165) is 11.3 Å². The number of carbonyl (C=O) groups is 2. The molecule has 2 heterocycles. The molecule has 0 aliphatic carbocycles. The van der Waals surface area contributed by atoms with E-state index in [-0.39, 0.29) is 27.9 Å². The Bertz CT molecular complexity index is 1330. The van der Waals surface area contributed by atoms with Crippen molar-refractivity contribution < 1.29 is 27.9 Å². The van der Waals surface area contributed by atoms with Gasteiger partial charge in [-0.1, -0.05) is 12.1 Å². The summed E-state index contributed by atoms with van der Waals surface area (Å²) in [5.74, 6) is -1.93. The van der Waals surface area contributed by atoms with Gasteiger partial charge in [0.25, 0.3) is 15.9 Å². The Hall–Kier alpha value is -3.63. The molecule has 0 aliphatic heterocycles. The summed E-state index contributed by atoms with van der Waals surface area (Å²) in [7, 11) is -2.65. The van der Waals surface area contributed by atoms with Gasteiger partial charge in [0.05, 0.1) is 17.7 Å². The number of rotatable bonds is 13. The van der Waals surface area contributed by atoms with Gasteiger partial charge in [0.1, 0.15) is 17.2 Å². The molecule has 1 atom stereocenters. The number of nitrogens with zero attached hydrogens (tertiary/aromatic N) is 2. The van der Waals surface area contributed by atoms with E-state index in [2.05, 4.69) is 25.3 Å². The number of carboxylic acids is 1. The minimum atomic E-state index is -4.09. The van der Waals surface area contributed by atoms with Crippen LogP contribution in [0.1, 0.15) is 22.5 Å². The molecule has 1 amide bonds. The van der Waals surface area contributed by atoms with Gasteiger partial charge in [-0.3, -0.25) is 14.8 Å². The molecule has 2 aromatic heterocycles. The molecule has 0 saturated carbocycles. The lowest BCUT2D eigenvalue weighted by Crippen LogP contribution is -2.46. The number of methoxy groups -OCH3 is 1. The van der Waals surface area contributed by atoms with Crippen molar-refractivity contribution in [2.24, 2.45) is 11.5 Å². The van der Waals surface area contributed by atoms with E-state index < -0.39 is 34.2 Å². The normalized spacial score (nSPS) is 12.2. The molecular weight excluding hydrogens is 522 g/mol. The fourth-order valence-electron chi connectivity index (χ4n) is 3.24. The third-order valence-electron chi connectivity index (χ3n) is 5.06. The number of thiophene rings is 1. The van der Waals surface area contributed by atoms with Crippen LogP contribution in [0.2, 0.25) is 0 Å². The van der Waals surface area contributed by atoms with Crippen LogP contribution in [0.25, 0.3) is 11.1 Å². The van der Waals surface area contributed by atoms with Crippen molar-refractivity contribution in [3.63, 3.8) is 0 Å². The van der Waals surface area contributed by atoms with E-state index in [0.29, 0.717) is 24.1 Å². The second-order valence-electron chi connectivity index (χ2n) is 7.74. The fourth-order valence-corrected chi connectivity index (χ4v) is 5.17. The molecular formula is C22H27N7O6S2. The zero-order valence-electron chi connectivity index (χ0n) is 19.7. The minimum absolute atomic E-state index is 0.0247. The Morgan fingerprint density at radius 2 is 1.89 bits per heavy atom. The van der Waals surface area contributed by atoms with E-state index >= 15 is 0 Å². The highest BCUT2D eigenvalue weighted by atomic mass is 32.2. The number of sulfonamides is 1. The first kappa shape index (κ1) is 27.9. The van der Waals surface area contributed by atoms with Gasteiger partial charge in [0.15, 0.2) is 0 Å². The SMILES string of the molecule is COc1ncc(-c2cccc(S(=O)(=O)Nc3ccsc3C(=O)N[C@@H](CCCNC(N)N)C(=O)O)c2)cn1. The monoisotopic (exact) mass is 549 g/mol. The Morgan fingerprint density at radius 1 is 1.16 bits per heavy atom. The molecule has 8 N–H and O–H groups in total. The van der Waals surface area contributed by atoms with Gasteiger partial charge in [-0.2, -0.15) is 0 Å². The van der Waals surface area contributed by atoms with E-state index in [1.807, 2.05) is 0 Å². The standard InChI is InChI=1S/C22H27N7O6S2/c1-35-22-26-11-14(12-27-22)13-4-2-5-15(10-13)37(33,34)29-16-7-9-36-18(16)19(30)28-17(20(31)32)6-3-8-25-21(23)24/h2,4-5,7,9-12,17,21,25,29H,3,6,8,23-24H2,1H3,(H,28,30)(H,31,32)/t17-/m0/s1. The maximum absolute atomic E-state index is 13.1. The number of carboxylic acid groups (broad SMARTS) is 1. The van der Waals surface area contributed by atoms with Gasteiger partial charge < -0.3 is 26.6 Å². The molecule has 0 spiro atoms. The average Bonchev–Trinajstić information content (AvgIpc) is 3.33. The number of hydrogen-bond donors (Lipinski definition) is 6. The molecule has 3 aromatic rings. The molecule has 0 aliphatic rings. The lowest BCUT2D eigenvalue weighted by molar-refractivity contribution is -0.139. The number of hydrogen-bond acceptors (Lipinski definition) is 11. The Kier molecular flexibility index (Phi) is 9.48. The number of aliphatic carboxylic acids is 1. The fraction of sp³-hybridized carbons (Fsp3) is 0.273. The van der Waals surface area contributed by atoms with E-state index in [4.69, 9.17) is 16.2 Å². The van der Waals surface area contributed by atoms with Crippen LogP contribution in [0, 0.1) is 0 Å². The summed E-state index contributed by atoms with van der Waals surface area (Å²) in [4.78, 5) is 32.5. The number of nitrogens with two attached hydrogens (primary N) is 2. The van der Waals surface area contributed by atoms with Crippen LogP contribution in [0.5, 0.6) is 6.01 Å². The highest BCUT2D eigenvalue weighted by Gasteiger charge is 2.25. The summed E-state index contributed by atoms with van der Waals surface area (Å²) in [6.45, 7) is 0.364. The van der Waals surface area contributed by atoms with Crippen molar-refractivity contribution in [1.29, 1.82) is 0 Å². The summed E-state index contributed by atoms with van der Waals surface area (Å²) in [6, 6.07) is 6.55. The van der Waals surface area contributed by atoms with E-state index in [1.54, 1.807) is 12.1 Å². The van der Waals surface area contributed by atoms with Gasteiger partial charge in [-0.15, -0.1) is 11.3 Å². The number of carbonyl (C=O) groups excluding carboxylic acids is 1. The van der Waals surface area contributed by atoms with Crippen molar-refractivity contribution in [1.82, 2.24) is 20.6 Å². The van der Waals surface area contributed by atoms with Crippen molar-refractivity contribution in [2.45, 2.75) is 30.1 Å². The first-order valence-corrected chi connectivity index (χ1v) is 13.3. The van der Waals surface area contributed by atoms with Gasteiger partial charge >= 0.3 is 12.0 Å². The molecule has 0 fully saturated rings. The van der Waals surface area contributed by atoms with Crippen LogP contribution in [0.4, 0.5) is 5.69 Å². The quantitative estimate of drug-likeness (QED) is 0.129. The molecule has 13 nitrogen and oxygen atoms in total. The zero-order chi connectivity index (χ0) is 27.0. The molecule has 198 valence electrons. The number of ether oxygens (including phenoxy) is 1. The predicted molar refractivity (Wildman–Crippen MR) is 137 cm³/mol. The van der Waals surface area contributed by atoms with Crippen LogP contribution < -0.4 is 31.6 Å². The van der Waals surface area contributed by atoms with Crippen molar-refractivity contribution in [3.05, 3.63) is 53.0 Å². The van der Waals surface area contributed by atoms with Crippen LogP contribution in [-0.2, 0) is 14.8 Å². The van der Waals surface area contributed by atoms with Crippen LogP contribution in [0.15, 0.2) is 53.0 Å². The zero-order valence-corrected chi connectivity index (χ0v) is 21.4. The van der Waals surface area contributed by atoms with Crippen molar-refractivity contribution in [2.75, 3.05) is 18.4 Å². The lowest BCUT2D eigenvalue weighted by atomic mass is 10.1. The van der Waals surface area contributed by atoms with Gasteiger partial charge in [-0.05, 0) is 48.5 Å². The van der Waals surface area contributed by atoms with Crippen LogP contribution in [0.3, 0.4) is 0 Å². The number of aromatic nitrogens is 2. The van der Waals surface area contributed by atoms with Gasteiger partial charge in [-0.25, -0.2) is 23.2 Å². The lowest BCUT2D eigenvalue weighted by Gasteiger charge is -2.16. The van der Waals surface area contributed by atoms with Crippen LogP contribution >= 0.6 is 11.3 Å². The van der Waals surface area contributed by atoms with Crippen molar-refractivity contribution in [3.8, 4) is 17.1 Å². The summed E-state index contributed by atoms with van der Waals surface area (Å²) < 4.78 is 33.6. The van der Waals surface area contributed by atoms with E-state index in [1.165, 1.54) is 43.1 Å². The summed E-state index contributed by atoms with van der Waals surface area (Å²) in [5, 5.41) is 16.2. The Labute approximate surface area is 217 Å². The van der Waals surface area contributed by atoms with Crippen molar-refractivity contribution >= 4 is 38.9 Å². The number of benzene rings is 1. The average molecular weight is 550 g/mol. The maximum Gasteiger partial charge on any atom is 0.326 e. The second kappa shape index (κ2) is 12.6. The highest BCUT2D eigenvalue weighted by molar-refractivity contribution is 7.92. The number of nitrogens with one attached hydrogen (secondary N) is 3. The third-order valence-corrected chi connectivity index (χ3v) is 7.33. The summed E-state index contributed by atoms with van der Waals surface area (Å²) in [5.41, 5.74) is 11.9. The molecule has 0 radical (unpaired) electrons. The van der Waals surface area contributed by atoms with Gasteiger partial charge in [0.2, 0.25) is 0 Å². The molecule has 37 heavy (non-hydrogen) atoms. The Balaban J connectivity index is 1.73. The molecule has 3 rings (SSSR count). The first-order valence-electron chi connectivity index (χ1n) is 11.0. The predicted octanol–water partition coefficient (Wildman–Crippen LogP) is 0.768. The highest BCUT2D eigenvalue weighted by Crippen LogP contribution is 2.27. The first-order chi connectivity index (χ1) is 17.6. The second-order valence-corrected chi connectivity index (χ2v) is 10.3. The molecule has 0 bridgehead atoms. The number of amides is 1. The molecule has 15 heteroatoms. The number of anilines is 1. The molecule has 0 unspecified atom stereocenters. The van der Waals surface area contributed by atoms with Gasteiger partial charge in [0, 0.05) is 18.0 Å².